The van der Waals surface area contributed by atoms with Crippen LogP contribution in [0.4, 0.5) is 5.69 Å². The first-order chi connectivity index (χ1) is 11.5. The molecule has 0 fully saturated rings. The molecular formula is C18H17N3O3. The number of aryl methyl sites for hydroxylation is 1. The van der Waals surface area contributed by atoms with Gasteiger partial charge < -0.3 is 15.1 Å². The van der Waals surface area contributed by atoms with Gasteiger partial charge in [0.15, 0.2) is 11.5 Å². The molecule has 0 saturated heterocycles. The highest BCUT2D eigenvalue weighted by Crippen LogP contribution is 2.19. The van der Waals surface area contributed by atoms with E-state index in [1.165, 1.54) is 0 Å². The number of aromatic nitrogens is 1. The van der Waals surface area contributed by atoms with Crippen LogP contribution in [0.15, 0.2) is 52.9 Å². The van der Waals surface area contributed by atoms with Gasteiger partial charge in [-0.3, -0.25) is 9.59 Å². The molecule has 122 valence electrons. The number of oxazole rings is 1. The molecule has 0 bridgehead atoms. The molecule has 6 nitrogen and oxygen atoms in total. The zero-order valence-electron chi connectivity index (χ0n) is 13.4. The molecule has 0 saturated carbocycles. The maximum absolute atomic E-state index is 12.2. The average molecular weight is 323 g/mol. The molecule has 24 heavy (non-hydrogen) atoms. The zero-order valence-corrected chi connectivity index (χ0v) is 13.4. The van der Waals surface area contributed by atoms with Crippen molar-refractivity contribution in [1.82, 2.24) is 10.3 Å². The number of nitrogens with one attached hydrogen (secondary N) is 2. The van der Waals surface area contributed by atoms with E-state index in [1.54, 1.807) is 56.3 Å². The molecule has 1 atom stereocenters. The highest BCUT2D eigenvalue weighted by molar-refractivity contribution is 6.01. The Kier molecular flexibility index (Phi) is 4.29. The van der Waals surface area contributed by atoms with Gasteiger partial charge in [0.1, 0.15) is 11.6 Å². The van der Waals surface area contributed by atoms with Gasteiger partial charge in [-0.2, -0.15) is 0 Å². The number of anilines is 1. The normalized spacial score (nSPS) is 11.9. The number of rotatable bonds is 4. The molecule has 6 heteroatoms. The summed E-state index contributed by atoms with van der Waals surface area (Å²) in [6, 6.07) is 13.3. The maximum Gasteiger partial charge on any atom is 0.251 e. The van der Waals surface area contributed by atoms with Crippen molar-refractivity contribution in [3.8, 4) is 0 Å². The van der Waals surface area contributed by atoms with E-state index in [4.69, 9.17) is 4.42 Å². The number of nitrogens with zero attached hydrogens (tertiary/aromatic N) is 1. The summed E-state index contributed by atoms with van der Waals surface area (Å²) < 4.78 is 5.44. The van der Waals surface area contributed by atoms with Crippen molar-refractivity contribution in [2.24, 2.45) is 0 Å². The maximum atomic E-state index is 12.2. The Bertz CT molecular complexity index is 887. The highest BCUT2D eigenvalue weighted by Gasteiger charge is 2.17. The van der Waals surface area contributed by atoms with E-state index in [0.717, 1.165) is 5.52 Å². The second kappa shape index (κ2) is 6.54. The fraction of sp³-hybridized carbons (Fsp3) is 0.167. The average Bonchev–Trinajstić information content (AvgIpc) is 2.94. The van der Waals surface area contributed by atoms with E-state index in [9.17, 15) is 9.59 Å². The van der Waals surface area contributed by atoms with Gasteiger partial charge in [0.25, 0.3) is 5.91 Å². The Morgan fingerprint density at radius 1 is 1.12 bits per heavy atom. The molecule has 1 aromatic heterocycles. The lowest BCUT2D eigenvalue weighted by molar-refractivity contribution is -0.117. The number of amides is 2. The number of benzene rings is 2. The minimum Gasteiger partial charge on any atom is -0.441 e. The van der Waals surface area contributed by atoms with Gasteiger partial charge in [-0.05, 0) is 31.2 Å². The molecule has 3 rings (SSSR count). The Morgan fingerprint density at radius 2 is 1.88 bits per heavy atom. The van der Waals surface area contributed by atoms with E-state index in [1.807, 2.05) is 6.07 Å². The van der Waals surface area contributed by atoms with Gasteiger partial charge >= 0.3 is 0 Å². The van der Waals surface area contributed by atoms with Crippen molar-refractivity contribution in [2.75, 3.05) is 5.32 Å². The molecule has 1 unspecified atom stereocenters. The Labute approximate surface area is 138 Å². The van der Waals surface area contributed by atoms with E-state index >= 15 is 0 Å². The predicted octanol–water partition coefficient (Wildman–Crippen LogP) is 2.89. The first-order valence-corrected chi connectivity index (χ1v) is 7.57. The molecule has 2 N–H and O–H groups in total. The second-order valence-corrected chi connectivity index (χ2v) is 5.47. The SMILES string of the molecule is Cc1nc2ccc(NC(=O)C(C)NC(=O)c3ccccc3)cc2o1. The minimum atomic E-state index is -0.676. The van der Waals surface area contributed by atoms with Crippen LogP contribution in [0.1, 0.15) is 23.2 Å². The van der Waals surface area contributed by atoms with Crippen molar-refractivity contribution in [3.05, 3.63) is 60.0 Å². The van der Waals surface area contributed by atoms with Crippen LogP contribution in [0.2, 0.25) is 0 Å². The molecule has 3 aromatic rings. The quantitative estimate of drug-likeness (QED) is 0.773. The zero-order chi connectivity index (χ0) is 17.1. The van der Waals surface area contributed by atoms with Gasteiger partial charge in [-0.25, -0.2) is 4.98 Å². The van der Waals surface area contributed by atoms with Crippen LogP contribution in [0.3, 0.4) is 0 Å². The summed E-state index contributed by atoms with van der Waals surface area (Å²) in [5.41, 5.74) is 2.43. The molecule has 1 heterocycles. The van der Waals surface area contributed by atoms with Gasteiger partial charge in [0.05, 0.1) is 0 Å². The molecule has 2 aromatic carbocycles. The Balaban J connectivity index is 1.65. The Hall–Kier alpha value is -3.15. The molecule has 0 aliphatic carbocycles. The summed E-state index contributed by atoms with van der Waals surface area (Å²) in [6.07, 6.45) is 0. The van der Waals surface area contributed by atoms with E-state index in [2.05, 4.69) is 15.6 Å². The van der Waals surface area contributed by atoms with Gasteiger partial charge in [-0.15, -0.1) is 0 Å². The van der Waals surface area contributed by atoms with Crippen molar-refractivity contribution in [2.45, 2.75) is 19.9 Å². The summed E-state index contributed by atoms with van der Waals surface area (Å²) in [6.45, 7) is 3.40. The van der Waals surface area contributed by atoms with Crippen LogP contribution in [-0.2, 0) is 4.79 Å². The standard InChI is InChI=1S/C18H17N3O3/c1-11(19-18(23)13-6-4-3-5-7-13)17(22)21-14-8-9-15-16(10-14)24-12(2)20-15/h3-11H,1-2H3,(H,19,23)(H,21,22). The van der Waals surface area contributed by atoms with E-state index < -0.39 is 6.04 Å². The van der Waals surface area contributed by atoms with Crippen LogP contribution in [0, 0.1) is 6.92 Å². The number of carbonyl (C=O) groups excluding carboxylic acids is 2. The molecule has 0 aliphatic rings. The molecule has 0 aliphatic heterocycles. The fourth-order valence-corrected chi connectivity index (χ4v) is 2.30. The van der Waals surface area contributed by atoms with Crippen LogP contribution in [0.25, 0.3) is 11.1 Å². The second-order valence-electron chi connectivity index (χ2n) is 5.47. The summed E-state index contributed by atoms with van der Waals surface area (Å²) >= 11 is 0. The summed E-state index contributed by atoms with van der Waals surface area (Å²) in [4.78, 5) is 28.5. The van der Waals surface area contributed by atoms with Gasteiger partial charge in [0, 0.05) is 24.2 Å². The number of hydrogen-bond donors (Lipinski definition) is 2. The van der Waals surface area contributed by atoms with Crippen LogP contribution >= 0.6 is 0 Å². The smallest absolute Gasteiger partial charge is 0.251 e. The fourth-order valence-electron chi connectivity index (χ4n) is 2.30. The molecule has 0 radical (unpaired) electrons. The van der Waals surface area contributed by atoms with Gasteiger partial charge in [-0.1, -0.05) is 18.2 Å². The topological polar surface area (TPSA) is 84.2 Å². The van der Waals surface area contributed by atoms with Crippen molar-refractivity contribution in [3.63, 3.8) is 0 Å². The van der Waals surface area contributed by atoms with Crippen molar-refractivity contribution >= 4 is 28.6 Å². The predicted molar refractivity (Wildman–Crippen MR) is 90.7 cm³/mol. The third-order valence-electron chi connectivity index (χ3n) is 3.54. The van der Waals surface area contributed by atoms with Crippen LogP contribution in [-0.4, -0.2) is 22.8 Å². The number of carbonyl (C=O) groups is 2. The lowest BCUT2D eigenvalue weighted by Gasteiger charge is -2.14. The van der Waals surface area contributed by atoms with Crippen LogP contribution < -0.4 is 10.6 Å². The van der Waals surface area contributed by atoms with Crippen molar-refractivity contribution < 1.29 is 14.0 Å². The third kappa shape index (κ3) is 3.43. The van der Waals surface area contributed by atoms with E-state index in [0.29, 0.717) is 22.7 Å². The largest absolute Gasteiger partial charge is 0.441 e. The van der Waals surface area contributed by atoms with Crippen molar-refractivity contribution in [1.29, 1.82) is 0 Å². The lowest BCUT2D eigenvalue weighted by atomic mass is 10.2. The lowest BCUT2D eigenvalue weighted by Crippen LogP contribution is -2.41. The first kappa shape index (κ1) is 15.7. The van der Waals surface area contributed by atoms with Gasteiger partial charge in [0.2, 0.25) is 5.91 Å². The molecular weight excluding hydrogens is 306 g/mol. The summed E-state index contributed by atoms with van der Waals surface area (Å²) in [5, 5.41) is 5.43. The minimum absolute atomic E-state index is 0.292. The Morgan fingerprint density at radius 3 is 2.62 bits per heavy atom. The summed E-state index contributed by atoms with van der Waals surface area (Å²) in [5.74, 6) is -0.0357. The third-order valence-corrected chi connectivity index (χ3v) is 3.54. The van der Waals surface area contributed by atoms with Crippen LogP contribution in [0.5, 0.6) is 0 Å². The molecule has 2 amide bonds. The first-order valence-electron chi connectivity index (χ1n) is 7.57. The number of hydrogen-bond acceptors (Lipinski definition) is 4. The summed E-state index contributed by atoms with van der Waals surface area (Å²) in [7, 11) is 0. The number of fused-ring (bicyclic) bond motifs is 1. The molecule has 0 spiro atoms. The van der Waals surface area contributed by atoms with E-state index in [-0.39, 0.29) is 11.8 Å². The monoisotopic (exact) mass is 323 g/mol. The highest BCUT2D eigenvalue weighted by atomic mass is 16.3.